The average Bonchev–Trinajstić information content (AvgIpc) is 3.53. The van der Waals surface area contributed by atoms with E-state index in [0.29, 0.717) is 56.8 Å². The molecule has 5 rings (SSSR count). The first-order chi connectivity index (χ1) is 24.3. The molecule has 3 atom stereocenters. The van der Waals surface area contributed by atoms with E-state index >= 15 is 0 Å². The Morgan fingerprint density at radius 3 is 2.38 bits per heavy atom. The number of nitrogens with one attached hydrogen (secondary N) is 4. The number of carbonyl (C=O) groups excluding carboxylic acids is 3. The monoisotopic (exact) mass is 717 g/mol. The normalized spacial score (nSPS) is 19.4. The molecule has 0 spiro atoms. The molecule has 1 aliphatic heterocycles. The summed E-state index contributed by atoms with van der Waals surface area (Å²) < 4.78 is 0. The zero-order valence-corrected chi connectivity index (χ0v) is 30.1. The van der Waals surface area contributed by atoms with E-state index in [0.717, 1.165) is 37.4 Å². The van der Waals surface area contributed by atoms with E-state index in [2.05, 4.69) is 20.9 Å². The third-order valence-corrected chi connectivity index (χ3v) is 10.6. The number of aromatic nitrogens is 1. The van der Waals surface area contributed by atoms with Gasteiger partial charge in [0.2, 0.25) is 17.7 Å². The van der Waals surface area contributed by atoms with Crippen molar-refractivity contribution in [2.45, 2.75) is 86.5 Å². The second-order valence-electron chi connectivity index (χ2n) is 12.6. The van der Waals surface area contributed by atoms with E-state index in [1.165, 1.54) is 0 Å². The standard InChI is InChI=1S/C38H48ClN7O3S/c1-2-46-33(21-26-23-42-30-12-5-4-11-29(26)30)37(48)44-24-27-20-28(39)16-17-35(27)50-34-15-6-3-10-25(34)22-43-31(14-9-19-41)36(47)45-32(38(46)49)13-7-8-18-40/h3-6,10-12,15-17,20,23,31-33,42-43H,2,7-9,13-14,18-19,21-22,24,40-41H2,1H3,(H,44,48)(H,45,47)/t31-,32-,33-/m0/s1. The summed E-state index contributed by atoms with van der Waals surface area (Å²) in [5.41, 5.74) is 15.4. The van der Waals surface area contributed by atoms with Gasteiger partial charge in [0.15, 0.2) is 0 Å². The Hall–Kier alpha value is -3.87. The first-order valence-electron chi connectivity index (χ1n) is 17.4. The maximum absolute atomic E-state index is 14.6. The predicted molar refractivity (Wildman–Crippen MR) is 201 cm³/mol. The highest BCUT2D eigenvalue weighted by molar-refractivity contribution is 7.99. The van der Waals surface area contributed by atoms with Crippen LogP contribution in [-0.4, -0.2) is 65.4 Å². The molecule has 8 N–H and O–H groups in total. The molecule has 0 unspecified atom stereocenters. The summed E-state index contributed by atoms with van der Waals surface area (Å²) in [4.78, 5) is 49.8. The first-order valence-corrected chi connectivity index (χ1v) is 18.6. The van der Waals surface area contributed by atoms with E-state index < -0.39 is 18.1 Å². The van der Waals surface area contributed by atoms with Gasteiger partial charge < -0.3 is 37.3 Å². The van der Waals surface area contributed by atoms with Gasteiger partial charge in [0.05, 0.1) is 6.04 Å². The zero-order chi connectivity index (χ0) is 35.5. The van der Waals surface area contributed by atoms with E-state index in [4.69, 9.17) is 23.1 Å². The summed E-state index contributed by atoms with van der Waals surface area (Å²) in [7, 11) is 0. The van der Waals surface area contributed by atoms with Gasteiger partial charge in [-0.05, 0) is 99.1 Å². The number of unbranched alkanes of at least 4 members (excludes halogenated alkanes) is 1. The van der Waals surface area contributed by atoms with Gasteiger partial charge in [-0.1, -0.05) is 59.8 Å². The molecule has 50 heavy (non-hydrogen) atoms. The number of nitrogens with zero attached hydrogens (tertiary/aromatic N) is 1. The quantitative estimate of drug-likeness (QED) is 0.128. The Kier molecular flexibility index (Phi) is 13.8. The Labute approximate surface area is 303 Å². The van der Waals surface area contributed by atoms with Gasteiger partial charge in [-0.3, -0.25) is 14.4 Å². The summed E-state index contributed by atoms with van der Waals surface area (Å²) >= 11 is 8.07. The number of fused-ring (bicyclic) bond motifs is 3. The molecule has 4 aromatic rings. The second-order valence-corrected chi connectivity index (χ2v) is 14.1. The fraction of sp³-hybridized carbons (Fsp3) is 0.395. The fourth-order valence-corrected chi connectivity index (χ4v) is 7.69. The van der Waals surface area contributed by atoms with Crippen LogP contribution in [0.2, 0.25) is 5.02 Å². The maximum atomic E-state index is 14.6. The first kappa shape index (κ1) is 37.4. The van der Waals surface area contributed by atoms with Crippen LogP contribution in [-0.2, 0) is 33.9 Å². The van der Waals surface area contributed by atoms with Crippen LogP contribution in [0.15, 0.2) is 82.7 Å². The van der Waals surface area contributed by atoms with Crippen LogP contribution >= 0.6 is 23.4 Å². The lowest BCUT2D eigenvalue weighted by atomic mass is 10.00. The molecule has 3 aromatic carbocycles. The number of H-pyrrole nitrogens is 1. The highest BCUT2D eigenvalue weighted by Crippen LogP contribution is 2.34. The second kappa shape index (κ2) is 18.4. The lowest BCUT2D eigenvalue weighted by molar-refractivity contribution is -0.143. The van der Waals surface area contributed by atoms with Crippen LogP contribution in [0.3, 0.4) is 0 Å². The number of benzene rings is 3. The van der Waals surface area contributed by atoms with Gasteiger partial charge >= 0.3 is 0 Å². The van der Waals surface area contributed by atoms with Gasteiger partial charge in [-0.2, -0.15) is 0 Å². The molecule has 0 fully saturated rings. The number of halogens is 1. The summed E-state index contributed by atoms with van der Waals surface area (Å²) in [5.74, 6) is -0.864. The number of carbonyl (C=O) groups is 3. The van der Waals surface area contributed by atoms with Crippen molar-refractivity contribution in [2.24, 2.45) is 11.5 Å². The number of nitrogens with two attached hydrogens (primary N) is 2. The fourth-order valence-electron chi connectivity index (χ4n) is 6.44. The minimum atomic E-state index is -0.849. The van der Waals surface area contributed by atoms with Crippen molar-refractivity contribution in [1.29, 1.82) is 0 Å². The number of para-hydroxylation sites is 1. The molecule has 2 heterocycles. The van der Waals surface area contributed by atoms with Crippen molar-refractivity contribution in [2.75, 3.05) is 19.6 Å². The maximum Gasteiger partial charge on any atom is 0.245 e. The molecule has 0 radical (unpaired) electrons. The van der Waals surface area contributed by atoms with Crippen LogP contribution < -0.4 is 27.4 Å². The molecule has 1 aromatic heterocycles. The molecule has 0 saturated carbocycles. The highest BCUT2D eigenvalue weighted by atomic mass is 35.5. The predicted octanol–water partition coefficient (Wildman–Crippen LogP) is 4.87. The third kappa shape index (κ3) is 9.46. The SMILES string of the molecule is CCN1C(=O)[C@H](CCCCN)NC(=O)[C@H](CCCN)NCc2ccccc2Sc2ccc(Cl)cc2CNC(=O)[C@@H]1Cc1c[nH]c2ccccc12. The van der Waals surface area contributed by atoms with Crippen molar-refractivity contribution < 1.29 is 14.4 Å². The molecule has 0 saturated heterocycles. The molecule has 0 aliphatic carbocycles. The number of aromatic amines is 1. The van der Waals surface area contributed by atoms with Crippen LogP contribution in [0.25, 0.3) is 10.9 Å². The molecule has 266 valence electrons. The van der Waals surface area contributed by atoms with Crippen molar-refractivity contribution >= 4 is 52.0 Å². The van der Waals surface area contributed by atoms with Gasteiger partial charge in [0.25, 0.3) is 0 Å². The average molecular weight is 718 g/mol. The topological polar surface area (TPSA) is 158 Å². The zero-order valence-electron chi connectivity index (χ0n) is 28.6. The largest absolute Gasteiger partial charge is 0.361 e. The van der Waals surface area contributed by atoms with Crippen LogP contribution in [0.1, 0.15) is 55.7 Å². The van der Waals surface area contributed by atoms with Crippen LogP contribution in [0.5, 0.6) is 0 Å². The van der Waals surface area contributed by atoms with E-state index in [1.807, 2.05) is 79.9 Å². The van der Waals surface area contributed by atoms with Gasteiger partial charge in [-0.15, -0.1) is 0 Å². The Balaban J connectivity index is 1.57. The van der Waals surface area contributed by atoms with Crippen molar-refractivity contribution in [1.82, 2.24) is 25.8 Å². The highest BCUT2D eigenvalue weighted by Gasteiger charge is 2.35. The molecule has 3 amide bonds. The van der Waals surface area contributed by atoms with Gasteiger partial charge in [0.1, 0.15) is 12.1 Å². The lowest BCUT2D eigenvalue weighted by Gasteiger charge is -2.34. The van der Waals surface area contributed by atoms with Crippen LogP contribution in [0, 0.1) is 0 Å². The van der Waals surface area contributed by atoms with E-state index in [9.17, 15) is 14.4 Å². The van der Waals surface area contributed by atoms with Crippen molar-refractivity contribution in [3.63, 3.8) is 0 Å². The molecule has 10 nitrogen and oxygen atoms in total. The van der Waals surface area contributed by atoms with Crippen LogP contribution in [0.4, 0.5) is 0 Å². The van der Waals surface area contributed by atoms with Crippen molar-refractivity contribution in [3.05, 3.63) is 94.6 Å². The lowest BCUT2D eigenvalue weighted by Crippen LogP contribution is -2.58. The van der Waals surface area contributed by atoms with Gasteiger partial charge in [0, 0.05) is 58.0 Å². The number of amides is 3. The Morgan fingerprint density at radius 2 is 1.58 bits per heavy atom. The molecular formula is C38H48ClN7O3S. The van der Waals surface area contributed by atoms with E-state index in [1.54, 1.807) is 16.7 Å². The Morgan fingerprint density at radius 1 is 0.840 bits per heavy atom. The molecule has 1 aliphatic rings. The molecule has 12 heteroatoms. The number of hydrogen-bond donors (Lipinski definition) is 6. The third-order valence-electron chi connectivity index (χ3n) is 9.17. The number of likely N-dealkylation sites (N-methyl/N-ethyl adjacent to an activating group) is 1. The minimum Gasteiger partial charge on any atom is -0.361 e. The number of hydrogen-bond acceptors (Lipinski definition) is 7. The summed E-state index contributed by atoms with van der Waals surface area (Å²) in [6, 6.07) is 19.3. The number of rotatable bonds is 10. The molecule has 0 bridgehead atoms. The van der Waals surface area contributed by atoms with Gasteiger partial charge in [-0.25, -0.2) is 0 Å². The summed E-state index contributed by atoms with van der Waals surface area (Å²) in [5, 5.41) is 11.2. The molecular weight excluding hydrogens is 670 g/mol. The summed E-state index contributed by atoms with van der Waals surface area (Å²) in [6.07, 6.45) is 5.07. The minimum absolute atomic E-state index is 0.218. The summed E-state index contributed by atoms with van der Waals surface area (Å²) in [6.45, 7) is 3.70. The Bertz CT molecular complexity index is 1770. The van der Waals surface area contributed by atoms with Crippen molar-refractivity contribution in [3.8, 4) is 0 Å². The van der Waals surface area contributed by atoms with E-state index in [-0.39, 0.29) is 37.2 Å². The smallest absolute Gasteiger partial charge is 0.245 e.